The first kappa shape index (κ1) is 19.1. The van der Waals surface area contributed by atoms with Crippen molar-refractivity contribution >= 4 is 17.2 Å². The van der Waals surface area contributed by atoms with Crippen molar-refractivity contribution < 1.29 is 14.3 Å². The van der Waals surface area contributed by atoms with Crippen molar-refractivity contribution in [3.63, 3.8) is 0 Å². The molecule has 1 aromatic rings. The number of Topliss-reactive ketones (excluding diaryl/α,β-unsaturated/α-hetero) is 1. The predicted molar refractivity (Wildman–Crippen MR) is 103 cm³/mol. The van der Waals surface area contributed by atoms with E-state index in [1.165, 1.54) is 0 Å². The minimum atomic E-state index is -0.343. The third kappa shape index (κ3) is 4.92. The molecule has 0 radical (unpaired) electrons. The standard InChI is InChI=1S/C21H30N2O3/c1-20(2)11-18(23-22-17-8-6-5-7-9-17)15(13-25-20)10-16-14-26-21(3,4)12-19(16)24/h5-9,15-16,22H,10-14H2,1-4H3/t15-,16-/m1/s1. The number of hydrazone groups is 1. The quantitative estimate of drug-likeness (QED) is 0.825. The van der Waals surface area contributed by atoms with Gasteiger partial charge in [0.25, 0.3) is 0 Å². The summed E-state index contributed by atoms with van der Waals surface area (Å²) in [6.45, 7) is 9.20. The molecular weight excluding hydrogens is 328 g/mol. The van der Waals surface area contributed by atoms with Crippen molar-refractivity contribution in [1.82, 2.24) is 0 Å². The van der Waals surface area contributed by atoms with E-state index in [0.29, 0.717) is 25.4 Å². The number of rotatable bonds is 4. The third-order valence-corrected chi connectivity index (χ3v) is 5.16. The van der Waals surface area contributed by atoms with Gasteiger partial charge in [-0.1, -0.05) is 18.2 Å². The lowest BCUT2D eigenvalue weighted by molar-refractivity contribution is -0.146. The van der Waals surface area contributed by atoms with E-state index in [1.807, 2.05) is 44.2 Å². The molecule has 2 atom stereocenters. The monoisotopic (exact) mass is 358 g/mol. The lowest BCUT2D eigenvalue weighted by Crippen LogP contribution is -2.45. The normalized spacial score (nSPS) is 29.5. The third-order valence-electron chi connectivity index (χ3n) is 5.16. The van der Waals surface area contributed by atoms with Gasteiger partial charge in [-0.15, -0.1) is 0 Å². The SMILES string of the molecule is CC1(C)CC(=O)[C@H](C[C@@H]2COC(C)(C)CC2=NNc2ccccc2)CO1. The Balaban J connectivity index is 1.70. The van der Waals surface area contributed by atoms with Gasteiger partial charge >= 0.3 is 0 Å². The zero-order valence-electron chi connectivity index (χ0n) is 16.2. The Morgan fingerprint density at radius 1 is 1.00 bits per heavy atom. The zero-order valence-corrected chi connectivity index (χ0v) is 16.2. The summed E-state index contributed by atoms with van der Waals surface area (Å²) in [6, 6.07) is 9.92. The number of carbonyl (C=O) groups excluding carboxylic acids is 1. The van der Waals surface area contributed by atoms with E-state index >= 15 is 0 Å². The minimum Gasteiger partial charge on any atom is -0.374 e. The molecule has 2 aliphatic heterocycles. The second-order valence-electron chi connectivity index (χ2n) is 8.67. The van der Waals surface area contributed by atoms with Crippen LogP contribution in [0.4, 0.5) is 5.69 Å². The number of ether oxygens (including phenoxy) is 2. The average molecular weight is 358 g/mol. The smallest absolute Gasteiger partial charge is 0.141 e. The Hall–Kier alpha value is -1.72. The first-order valence-corrected chi connectivity index (χ1v) is 9.42. The van der Waals surface area contributed by atoms with E-state index in [0.717, 1.165) is 24.2 Å². The van der Waals surface area contributed by atoms with Crippen molar-refractivity contribution in [3.8, 4) is 0 Å². The fourth-order valence-electron chi connectivity index (χ4n) is 3.61. The Morgan fingerprint density at radius 2 is 1.62 bits per heavy atom. The van der Waals surface area contributed by atoms with Gasteiger partial charge in [-0.25, -0.2) is 0 Å². The number of benzene rings is 1. The van der Waals surface area contributed by atoms with Crippen LogP contribution in [0.15, 0.2) is 35.4 Å². The van der Waals surface area contributed by atoms with E-state index in [2.05, 4.69) is 24.4 Å². The minimum absolute atomic E-state index is 0.0697. The van der Waals surface area contributed by atoms with Gasteiger partial charge in [0.05, 0.1) is 30.1 Å². The highest BCUT2D eigenvalue weighted by molar-refractivity contribution is 5.90. The molecular formula is C21H30N2O3. The van der Waals surface area contributed by atoms with Crippen molar-refractivity contribution in [3.05, 3.63) is 30.3 Å². The van der Waals surface area contributed by atoms with Crippen LogP contribution in [0, 0.1) is 11.8 Å². The Labute approximate surface area is 156 Å². The highest BCUT2D eigenvalue weighted by atomic mass is 16.5. The number of nitrogens with one attached hydrogen (secondary N) is 1. The highest BCUT2D eigenvalue weighted by Gasteiger charge is 2.39. The molecule has 1 N–H and O–H groups in total. The summed E-state index contributed by atoms with van der Waals surface area (Å²) in [5, 5.41) is 4.68. The summed E-state index contributed by atoms with van der Waals surface area (Å²) < 4.78 is 11.9. The molecule has 0 bridgehead atoms. The van der Waals surface area contributed by atoms with Crippen LogP contribution in [0.1, 0.15) is 47.0 Å². The van der Waals surface area contributed by atoms with Crippen molar-refractivity contribution in [2.45, 2.75) is 58.2 Å². The average Bonchev–Trinajstić information content (AvgIpc) is 2.57. The van der Waals surface area contributed by atoms with Gasteiger partial charge in [0.2, 0.25) is 0 Å². The Bertz CT molecular complexity index is 667. The van der Waals surface area contributed by atoms with Crippen molar-refractivity contribution in [2.24, 2.45) is 16.9 Å². The van der Waals surface area contributed by atoms with E-state index in [4.69, 9.17) is 9.47 Å². The molecule has 5 nitrogen and oxygen atoms in total. The number of ketones is 1. The molecule has 2 aliphatic rings. The van der Waals surface area contributed by atoms with Crippen molar-refractivity contribution in [2.75, 3.05) is 18.6 Å². The Kier molecular flexibility index (Phi) is 5.49. The van der Waals surface area contributed by atoms with Gasteiger partial charge in [-0.05, 0) is 46.2 Å². The molecule has 142 valence electrons. The summed E-state index contributed by atoms with van der Waals surface area (Å²) in [6.07, 6.45) is 1.97. The lowest BCUT2D eigenvalue weighted by atomic mass is 9.80. The fourth-order valence-corrected chi connectivity index (χ4v) is 3.61. The Morgan fingerprint density at radius 3 is 2.27 bits per heavy atom. The van der Waals surface area contributed by atoms with Gasteiger partial charge in [0, 0.05) is 30.4 Å². The molecule has 2 heterocycles. The van der Waals surface area contributed by atoms with Gasteiger partial charge in [0.1, 0.15) is 5.78 Å². The van der Waals surface area contributed by atoms with Crippen LogP contribution >= 0.6 is 0 Å². The van der Waals surface area contributed by atoms with Crippen LogP contribution in [0.3, 0.4) is 0 Å². The highest BCUT2D eigenvalue weighted by Crippen LogP contribution is 2.33. The first-order valence-electron chi connectivity index (χ1n) is 9.42. The first-order chi connectivity index (χ1) is 12.2. The summed E-state index contributed by atoms with van der Waals surface area (Å²) in [4.78, 5) is 12.5. The maximum absolute atomic E-state index is 12.5. The van der Waals surface area contributed by atoms with Crippen molar-refractivity contribution in [1.29, 1.82) is 0 Å². The van der Waals surface area contributed by atoms with Gasteiger partial charge in [-0.2, -0.15) is 5.10 Å². The number of nitrogens with zero attached hydrogens (tertiary/aromatic N) is 1. The molecule has 26 heavy (non-hydrogen) atoms. The molecule has 5 heteroatoms. The zero-order chi connectivity index (χ0) is 18.8. The van der Waals surface area contributed by atoms with E-state index in [9.17, 15) is 4.79 Å². The second-order valence-corrected chi connectivity index (χ2v) is 8.67. The van der Waals surface area contributed by atoms with Crippen LogP contribution in [0.25, 0.3) is 0 Å². The maximum atomic E-state index is 12.5. The summed E-state index contributed by atoms with van der Waals surface area (Å²) in [7, 11) is 0. The predicted octanol–water partition coefficient (Wildman–Crippen LogP) is 4.04. The van der Waals surface area contributed by atoms with Crippen LogP contribution in [0.2, 0.25) is 0 Å². The molecule has 0 aliphatic carbocycles. The number of para-hydroxylation sites is 1. The van der Waals surface area contributed by atoms with Gasteiger partial charge < -0.3 is 9.47 Å². The van der Waals surface area contributed by atoms with E-state index in [1.54, 1.807) is 0 Å². The summed E-state index contributed by atoms with van der Waals surface area (Å²) >= 11 is 0. The fraction of sp³-hybridized carbons (Fsp3) is 0.619. The van der Waals surface area contributed by atoms with Gasteiger partial charge in [0.15, 0.2) is 0 Å². The molecule has 3 rings (SSSR count). The number of anilines is 1. The maximum Gasteiger partial charge on any atom is 0.141 e. The van der Waals surface area contributed by atoms with Gasteiger partial charge in [-0.3, -0.25) is 10.2 Å². The summed E-state index contributed by atoms with van der Waals surface area (Å²) in [5.74, 6) is 0.360. The number of hydrogen-bond donors (Lipinski definition) is 1. The van der Waals surface area contributed by atoms with Crippen LogP contribution in [-0.4, -0.2) is 35.9 Å². The lowest BCUT2D eigenvalue weighted by Gasteiger charge is -2.39. The van der Waals surface area contributed by atoms with Crippen LogP contribution < -0.4 is 5.43 Å². The molecule has 0 unspecified atom stereocenters. The molecule has 2 fully saturated rings. The molecule has 1 aromatic carbocycles. The number of carbonyl (C=O) groups is 1. The molecule has 0 aromatic heterocycles. The molecule has 2 saturated heterocycles. The number of hydrogen-bond acceptors (Lipinski definition) is 5. The topological polar surface area (TPSA) is 59.9 Å². The van der Waals surface area contributed by atoms with Crippen LogP contribution in [-0.2, 0) is 14.3 Å². The molecule has 0 saturated carbocycles. The molecule has 0 spiro atoms. The largest absolute Gasteiger partial charge is 0.374 e. The second kappa shape index (κ2) is 7.49. The summed E-state index contributed by atoms with van der Waals surface area (Å²) in [5.41, 5.74) is 4.62. The van der Waals surface area contributed by atoms with E-state index in [-0.39, 0.29) is 23.0 Å². The molecule has 0 amide bonds. The van der Waals surface area contributed by atoms with E-state index < -0.39 is 0 Å². The van der Waals surface area contributed by atoms with Crippen LogP contribution in [0.5, 0.6) is 0 Å².